The molecular formula is C13H9N3O3. The van der Waals surface area contributed by atoms with Gasteiger partial charge in [0.15, 0.2) is 17.3 Å². The Hall–Kier alpha value is -2.89. The van der Waals surface area contributed by atoms with E-state index in [4.69, 9.17) is 8.83 Å². The second kappa shape index (κ2) is 4.77. The molecule has 0 amide bonds. The van der Waals surface area contributed by atoms with Gasteiger partial charge in [-0.25, -0.2) is 15.0 Å². The first kappa shape index (κ1) is 11.2. The van der Waals surface area contributed by atoms with Crippen molar-refractivity contribution in [3.05, 3.63) is 48.5 Å². The predicted molar refractivity (Wildman–Crippen MR) is 67.4 cm³/mol. The monoisotopic (exact) mass is 255 g/mol. The summed E-state index contributed by atoms with van der Waals surface area (Å²) in [6.07, 6.45) is 4.51. The van der Waals surface area contributed by atoms with Crippen LogP contribution in [0.25, 0.3) is 11.7 Å². The van der Waals surface area contributed by atoms with E-state index >= 15 is 0 Å². The van der Waals surface area contributed by atoms with Gasteiger partial charge < -0.3 is 13.9 Å². The Morgan fingerprint density at radius 3 is 2.89 bits per heavy atom. The van der Waals surface area contributed by atoms with Crippen LogP contribution in [0.2, 0.25) is 0 Å². The van der Waals surface area contributed by atoms with Gasteiger partial charge in [0.2, 0.25) is 0 Å². The van der Waals surface area contributed by atoms with E-state index in [1.54, 1.807) is 30.5 Å². The van der Waals surface area contributed by atoms with Crippen molar-refractivity contribution in [2.75, 3.05) is 0 Å². The summed E-state index contributed by atoms with van der Waals surface area (Å²) >= 11 is 0. The lowest BCUT2D eigenvalue weighted by atomic mass is 10.4. The number of pyridine rings is 1. The first-order valence-electron chi connectivity index (χ1n) is 5.52. The molecule has 0 saturated heterocycles. The van der Waals surface area contributed by atoms with Crippen molar-refractivity contribution in [1.29, 1.82) is 0 Å². The molecule has 3 aromatic rings. The molecule has 0 aliphatic heterocycles. The Morgan fingerprint density at radius 1 is 1.21 bits per heavy atom. The topological polar surface area (TPSA) is 84.7 Å². The highest BCUT2D eigenvalue weighted by atomic mass is 16.5. The quantitative estimate of drug-likeness (QED) is 0.727. The SMILES string of the molecule is Oc1oc(-c2ccco2)nc1/C=N/c1ccccn1. The van der Waals surface area contributed by atoms with Crippen LogP contribution >= 0.6 is 0 Å². The summed E-state index contributed by atoms with van der Waals surface area (Å²) in [4.78, 5) is 12.2. The molecule has 0 saturated carbocycles. The summed E-state index contributed by atoms with van der Waals surface area (Å²) in [6.45, 7) is 0. The average Bonchev–Trinajstić information content (AvgIpc) is 3.07. The normalized spacial score (nSPS) is 11.2. The Morgan fingerprint density at radius 2 is 2.16 bits per heavy atom. The zero-order valence-electron chi connectivity index (χ0n) is 9.72. The molecular weight excluding hydrogens is 246 g/mol. The van der Waals surface area contributed by atoms with E-state index in [1.807, 2.05) is 6.07 Å². The van der Waals surface area contributed by atoms with E-state index in [2.05, 4.69) is 15.0 Å². The zero-order valence-corrected chi connectivity index (χ0v) is 9.72. The summed E-state index contributed by atoms with van der Waals surface area (Å²) in [5, 5.41) is 9.63. The van der Waals surface area contributed by atoms with Gasteiger partial charge in [0.05, 0.1) is 12.5 Å². The Labute approximate surface area is 108 Å². The maximum absolute atomic E-state index is 9.63. The fourth-order valence-corrected chi connectivity index (χ4v) is 1.47. The van der Waals surface area contributed by atoms with Crippen LogP contribution in [-0.2, 0) is 0 Å². The summed E-state index contributed by atoms with van der Waals surface area (Å²) in [5.74, 6) is 0.841. The lowest BCUT2D eigenvalue weighted by molar-refractivity contribution is 0.333. The molecule has 0 fully saturated rings. The lowest BCUT2D eigenvalue weighted by Crippen LogP contribution is -1.82. The van der Waals surface area contributed by atoms with Crippen molar-refractivity contribution < 1.29 is 13.9 Å². The molecule has 6 heteroatoms. The number of furan rings is 1. The molecule has 1 N–H and O–H groups in total. The minimum absolute atomic E-state index is 0.199. The number of aromatic hydroxyl groups is 1. The second-order valence-electron chi connectivity index (χ2n) is 3.63. The minimum atomic E-state index is -0.314. The largest absolute Gasteiger partial charge is 0.479 e. The number of nitrogens with zero attached hydrogens (tertiary/aromatic N) is 3. The van der Waals surface area contributed by atoms with E-state index in [0.717, 1.165) is 0 Å². The van der Waals surface area contributed by atoms with E-state index < -0.39 is 0 Å². The van der Waals surface area contributed by atoms with E-state index in [9.17, 15) is 5.11 Å². The standard InChI is InChI=1S/C13H9N3O3/c17-13-9(8-15-11-5-1-2-6-14-11)16-12(19-13)10-4-3-7-18-10/h1-8,17H/b15-8+. The van der Waals surface area contributed by atoms with Crippen molar-refractivity contribution in [1.82, 2.24) is 9.97 Å². The summed E-state index contributed by atoms with van der Waals surface area (Å²) in [6, 6.07) is 8.74. The first-order chi connectivity index (χ1) is 9.33. The summed E-state index contributed by atoms with van der Waals surface area (Å²) < 4.78 is 10.2. The number of aliphatic imine (C=N–C) groups is 1. The molecule has 3 aromatic heterocycles. The van der Waals surface area contributed by atoms with Crippen LogP contribution in [0.15, 0.2) is 56.6 Å². The zero-order chi connectivity index (χ0) is 13.1. The Kier molecular flexibility index (Phi) is 2.82. The van der Waals surface area contributed by atoms with Gasteiger partial charge in [0.1, 0.15) is 0 Å². The number of oxazole rings is 1. The Balaban J connectivity index is 1.88. The Bertz CT molecular complexity index is 687. The van der Waals surface area contributed by atoms with Gasteiger partial charge in [-0.2, -0.15) is 0 Å². The highest BCUT2D eigenvalue weighted by Gasteiger charge is 2.14. The van der Waals surface area contributed by atoms with Crippen LogP contribution in [0.5, 0.6) is 5.95 Å². The number of rotatable bonds is 3. The van der Waals surface area contributed by atoms with Crippen LogP contribution in [0.3, 0.4) is 0 Å². The second-order valence-corrected chi connectivity index (χ2v) is 3.63. The van der Waals surface area contributed by atoms with E-state index in [1.165, 1.54) is 12.5 Å². The predicted octanol–water partition coefficient (Wildman–Crippen LogP) is 2.79. The fourth-order valence-electron chi connectivity index (χ4n) is 1.47. The van der Waals surface area contributed by atoms with Crippen LogP contribution in [0.1, 0.15) is 5.69 Å². The number of aromatic nitrogens is 2. The van der Waals surface area contributed by atoms with Crippen molar-refractivity contribution in [2.24, 2.45) is 4.99 Å². The molecule has 6 nitrogen and oxygen atoms in total. The van der Waals surface area contributed by atoms with Gasteiger partial charge >= 0.3 is 5.95 Å². The van der Waals surface area contributed by atoms with Crippen LogP contribution in [0, 0.1) is 0 Å². The van der Waals surface area contributed by atoms with Gasteiger partial charge in [0, 0.05) is 6.20 Å². The molecule has 0 unspecified atom stereocenters. The average molecular weight is 255 g/mol. The maximum Gasteiger partial charge on any atom is 0.312 e. The van der Waals surface area contributed by atoms with Gasteiger partial charge in [-0.3, -0.25) is 0 Å². The van der Waals surface area contributed by atoms with Crippen LogP contribution in [-0.4, -0.2) is 21.3 Å². The fraction of sp³-hybridized carbons (Fsp3) is 0. The molecule has 0 radical (unpaired) electrons. The molecule has 3 rings (SSSR count). The van der Waals surface area contributed by atoms with Gasteiger partial charge in [-0.05, 0) is 24.3 Å². The van der Waals surface area contributed by atoms with Crippen molar-refractivity contribution in [2.45, 2.75) is 0 Å². The third-order valence-electron chi connectivity index (χ3n) is 2.33. The highest BCUT2D eigenvalue weighted by Crippen LogP contribution is 2.25. The van der Waals surface area contributed by atoms with Gasteiger partial charge in [0.25, 0.3) is 5.89 Å². The maximum atomic E-state index is 9.63. The van der Waals surface area contributed by atoms with Crippen LogP contribution < -0.4 is 0 Å². The highest BCUT2D eigenvalue weighted by molar-refractivity contribution is 5.82. The molecule has 3 heterocycles. The molecule has 94 valence electrons. The third-order valence-corrected chi connectivity index (χ3v) is 2.33. The molecule has 0 aromatic carbocycles. The molecule has 0 atom stereocenters. The smallest absolute Gasteiger partial charge is 0.312 e. The van der Waals surface area contributed by atoms with Crippen molar-refractivity contribution in [3.8, 4) is 17.6 Å². The lowest BCUT2D eigenvalue weighted by Gasteiger charge is -1.88. The summed E-state index contributed by atoms with van der Waals surface area (Å²) in [5.41, 5.74) is 0.219. The van der Waals surface area contributed by atoms with Crippen molar-refractivity contribution in [3.63, 3.8) is 0 Å². The number of hydrogen-bond acceptors (Lipinski definition) is 6. The number of hydrogen-bond donors (Lipinski definition) is 1. The summed E-state index contributed by atoms with van der Waals surface area (Å²) in [7, 11) is 0. The molecule has 19 heavy (non-hydrogen) atoms. The molecule has 0 spiro atoms. The van der Waals surface area contributed by atoms with E-state index in [-0.39, 0.29) is 17.5 Å². The van der Waals surface area contributed by atoms with Crippen LogP contribution in [0.4, 0.5) is 5.82 Å². The molecule has 0 aliphatic carbocycles. The third kappa shape index (κ3) is 2.37. The van der Waals surface area contributed by atoms with Gasteiger partial charge in [-0.15, -0.1) is 0 Å². The minimum Gasteiger partial charge on any atom is -0.479 e. The van der Waals surface area contributed by atoms with E-state index in [0.29, 0.717) is 11.6 Å². The first-order valence-corrected chi connectivity index (χ1v) is 5.52. The van der Waals surface area contributed by atoms with Gasteiger partial charge in [-0.1, -0.05) is 6.07 Å². The van der Waals surface area contributed by atoms with Crippen molar-refractivity contribution >= 4 is 12.0 Å². The molecule has 0 aliphatic rings. The molecule has 0 bridgehead atoms.